The van der Waals surface area contributed by atoms with Crippen LogP contribution in [0.15, 0.2) is 58.4 Å². The number of benzene rings is 2. The molecule has 2 aromatic carbocycles. The fourth-order valence-corrected chi connectivity index (χ4v) is 6.41. The molecule has 4 rings (SSSR count). The Labute approximate surface area is 200 Å². The molecule has 0 saturated carbocycles. The third kappa shape index (κ3) is 4.46. The van der Waals surface area contributed by atoms with Gasteiger partial charge in [-0.25, -0.2) is 8.42 Å². The summed E-state index contributed by atoms with van der Waals surface area (Å²) in [6.45, 7) is 9.34. The highest BCUT2D eigenvalue weighted by Gasteiger charge is 2.29. The van der Waals surface area contributed by atoms with Gasteiger partial charge >= 0.3 is 0 Å². The number of likely N-dealkylation sites (tertiary alicyclic amines) is 1. The summed E-state index contributed by atoms with van der Waals surface area (Å²) in [5, 5.41) is 0.185. The molecular formula is C26H31N3O4S. The molecule has 1 saturated heterocycles. The second-order valence-electron chi connectivity index (χ2n) is 9.40. The zero-order chi connectivity index (χ0) is 24.6. The van der Waals surface area contributed by atoms with Crippen LogP contribution < -0.4 is 9.73 Å². The summed E-state index contributed by atoms with van der Waals surface area (Å²) in [6, 6.07) is 11.7. The van der Waals surface area contributed by atoms with Gasteiger partial charge in [0.25, 0.3) is 15.9 Å². The predicted octanol–water partition coefficient (Wildman–Crippen LogP) is 4.17. The van der Waals surface area contributed by atoms with Crippen molar-refractivity contribution in [3.63, 3.8) is 0 Å². The minimum Gasteiger partial charge on any atom is -0.360 e. The van der Waals surface area contributed by atoms with Crippen molar-refractivity contribution in [3.05, 3.63) is 70.0 Å². The van der Waals surface area contributed by atoms with Crippen LogP contribution in [0.4, 0.5) is 5.69 Å². The zero-order valence-corrected chi connectivity index (χ0v) is 20.9. The molecule has 0 radical (unpaired) electrons. The van der Waals surface area contributed by atoms with E-state index < -0.39 is 15.5 Å². The fourth-order valence-electron chi connectivity index (χ4n) is 4.92. The zero-order valence-electron chi connectivity index (χ0n) is 20.0. The average molecular weight is 482 g/mol. The molecule has 1 amide bonds. The van der Waals surface area contributed by atoms with E-state index >= 15 is 0 Å². The van der Waals surface area contributed by atoms with E-state index in [0.29, 0.717) is 36.1 Å². The van der Waals surface area contributed by atoms with Gasteiger partial charge in [0.1, 0.15) is 5.56 Å². The molecule has 1 N–H and O–H groups in total. The normalized spacial score (nSPS) is 18.8. The van der Waals surface area contributed by atoms with Crippen molar-refractivity contribution < 1.29 is 13.2 Å². The molecule has 8 heteroatoms. The standard InChI is InChI=1S/C26H31N3O4S/c1-5-29(20-8-6-7-17(2)12-20)34(32,33)21-9-10-24-22(13-21)25(30)23(14-27-24)26(31)28-15-18(3)11-19(4)16-28/h6-10,12-14,18-19H,5,11,15-16H2,1-4H3,(H,27,30)/t18-,19+. The maximum absolute atomic E-state index is 13.5. The number of nitrogens with one attached hydrogen (secondary N) is 1. The number of aromatic nitrogens is 1. The quantitative estimate of drug-likeness (QED) is 0.592. The smallest absolute Gasteiger partial charge is 0.264 e. The number of hydrogen-bond donors (Lipinski definition) is 1. The molecule has 2 atom stereocenters. The summed E-state index contributed by atoms with van der Waals surface area (Å²) in [5.41, 5.74) is 1.58. The van der Waals surface area contributed by atoms with Crippen LogP contribution in [-0.4, -0.2) is 43.8 Å². The second kappa shape index (κ2) is 9.25. The van der Waals surface area contributed by atoms with E-state index in [-0.39, 0.29) is 28.3 Å². The molecule has 1 aliphatic heterocycles. The Morgan fingerprint density at radius 1 is 1.12 bits per heavy atom. The molecule has 0 spiro atoms. The number of piperidine rings is 1. The summed E-state index contributed by atoms with van der Waals surface area (Å²) < 4.78 is 28.3. The molecule has 180 valence electrons. The van der Waals surface area contributed by atoms with Gasteiger partial charge < -0.3 is 9.88 Å². The number of carbonyl (C=O) groups is 1. The molecule has 34 heavy (non-hydrogen) atoms. The van der Waals surface area contributed by atoms with E-state index in [1.54, 1.807) is 24.0 Å². The third-order valence-corrected chi connectivity index (χ3v) is 8.30. The Hall–Kier alpha value is -3.13. The molecule has 0 aliphatic carbocycles. The molecule has 0 bridgehead atoms. The first kappa shape index (κ1) is 24.0. The van der Waals surface area contributed by atoms with Crippen molar-refractivity contribution in [1.29, 1.82) is 0 Å². The van der Waals surface area contributed by atoms with Crippen molar-refractivity contribution in [3.8, 4) is 0 Å². The summed E-state index contributed by atoms with van der Waals surface area (Å²) in [7, 11) is -3.91. The molecule has 1 aliphatic rings. The fraction of sp³-hybridized carbons (Fsp3) is 0.385. The molecule has 7 nitrogen and oxygen atoms in total. The van der Waals surface area contributed by atoms with Crippen molar-refractivity contribution in [2.45, 2.75) is 39.0 Å². The highest BCUT2D eigenvalue weighted by Crippen LogP contribution is 2.26. The van der Waals surface area contributed by atoms with E-state index in [9.17, 15) is 18.0 Å². The number of hydrogen-bond acceptors (Lipinski definition) is 4. The molecule has 1 aromatic heterocycles. The van der Waals surface area contributed by atoms with E-state index in [4.69, 9.17) is 0 Å². The number of carbonyl (C=O) groups excluding carboxylic acids is 1. The summed E-state index contributed by atoms with van der Waals surface area (Å²) in [5.74, 6) is 0.418. The van der Waals surface area contributed by atoms with E-state index in [1.807, 2.05) is 25.1 Å². The Balaban J connectivity index is 1.75. The number of amides is 1. The minimum absolute atomic E-state index is 0.0127. The number of nitrogens with zero attached hydrogens (tertiary/aromatic N) is 2. The second-order valence-corrected chi connectivity index (χ2v) is 11.3. The summed E-state index contributed by atoms with van der Waals surface area (Å²) in [4.78, 5) is 31.3. The number of H-pyrrole nitrogens is 1. The lowest BCUT2D eigenvalue weighted by atomic mass is 9.91. The summed E-state index contributed by atoms with van der Waals surface area (Å²) in [6.07, 6.45) is 2.49. The largest absolute Gasteiger partial charge is 0.360 e. The van der Waals surface area contributed by atoms with Crippen LogP contribution in [0.1, 0.15) is 43.1 Å². The Kier molecular flexibility index (Phi) is 6.53. The van der Waals surface area contributed by atoms with Crippen LogP contribution in [0.5, 0.6) is 0 Å². The number of aryl methyl sites for hydroxylation is 1. The first-order chi connectivity index (χ1) is 16.1. The maximum atomic E-state index is 13.5. The highest BCUT2D eigenvalue weighted by molar-refractivity contribution is 7.92. The van der Waals surface area contributed by atoms with Crippen LogP contribution in [-0.2, 0) is 10.0 Å². The van der Waals surface area contributed by atoms with Crippen LogP contribution in [0, 0.1) is 18.8 Å². The Bertz CT molecular complexity index is 1390. The van der Waals surface area contributed by atoms with Gasteiger partial charge in [0.2, 0.25) is 5.43 Å². The highest BCUT2D eigenvalue weighted by atomic mass is 32.2. The van der Waals surface area contributed by atoms with Crippen LogP contribution in [0.2, 0.25) is 0 Å². The first-order valence-corrected chi connectivity index (χ1v) is 13.1. The minimum atomic E-state index is -3.91. The van der Waals surface area contributed by atoms with Crippen molar-refractivity contribution in [2.75, 3.05) is 23.9 Å². The molecule has 0 unspecified atom stereocenters. The van der Waals surface area contributed by atoms with E-state index in [0.717, 1.165) is 12.0 Å². The number of sulfonamides is 1. The van der Waals surface area contributed by atoms with Gasteiger partial charge in [-0.2, -0.15) is 0 Å². The van der Waals surface area contributed by atoms with Crippen molar-refractivity contribution in [2.24, 2.45) is 11.8 Å². The van der Waals surface area contributed by atoms with Crippen LogP contribution >= 0.6 is 0 Å². The number of pyridine rings is 1. The predicted molar refractivity (Wildman–Crippen MR) is 135 cm³/mol. The van der Waals surface area contributed by atoms with Gasteiger partial charge in [-0.3, -0.25) is 13.9 Å². The van der Waals surface area contributed by atoms with E-state index in [1.165, 1.54) is 22.6 Å². The van der Waals surface area contributed by atoms with E-state index in [2.05, 4.69) is 18.8 Å². The molecule has 1 fully saturated rings. The number of aromatic amines is 1. The van der Waals surface area contributed by atoms with Crippen molar-refractivity contribution in [1.82, 2.24) is 9.88 Å². The Morgan fingerprint density at radius 2 is 1.82 bits per heavy atom. The topological polar surface area (TPSA) is 90.6 Å². The Morgan fingerprint density at radius 3 is 2.47 bits per heavy atom. The molecule has 3 aromatic rings. The van der Waals surface area contributed by atoms with Gasteiger partial charge in [-0.15, -0.1) is 0 Å². The lowest BCUT2D eigenvalue weighted by Gasteiger charge is -2.34. The van der Waals surface area contributed by atoms with Gasteiger partial charge in [0.15, 0.2) is 0 Å². The number of anilines is 1. The lowest BCUT2D eigenvalue weighted by Crippen LogP contribution is -2.44. The first-order valence-electron chi connectivity index (χ1n) is 11.7. The summed E-state index contributed by atoms with van der Waals surface area (Å²) >= 11 is 0. The average Bonchev–Trinajstić information content (AvgIpc) is 2.78. The maximum Gasteiger partial charge on any atom is 0.264 e. The van der Waals surface area contributed by atoms with Crippen LogP contribution in [0.3, 0.4) is 0 Å². The molecule has 2 heterocycles. The van der Waals surface area contributed by atoms with Gasteiger partial charge in [0.05, 0.1) is 10.6 Å². The number of fused-ring (bicyclic) bond motifs is 1. The lowest BCUT2D eigenvalue weighted by molar-refractivity contribution is 0.0621. The van der Waals surface area contributed by atoms with Crippen molar-refractivity contribution >= 4 is 32.5 Å². The third-order valence-electron chi connectivity index (χ3n) is 6.40. The SMILES string of the molecule is CCN(c1cccc(C)c1)S(=O)(=O)c1ccc2[nH]cc(C(=O)N3C[C@H](C)C[C@H](C)C3)c(=O)c2c1. The monoisotopic (exact) mass is 481 g/mol. The molecular weight excluding hydrogens is 450 g/mol. The number of rotatable bonds is 5. The van der Waals surface area contributed by atoms with Crippen LogP contribution in [0.25, 0.3) is 10.9 Å². The van der Waals surface area contributed by atoms with Gasteiger partial charge in [-0.05, 0) is 68.0 Å². The van der Waals surface area contributed by atoms with Gasteiger partial charge in [0, 0.05) is 36.7 Å². The van der Waals surface area contributed by atoms with Gasteiger partial charge in [-0.1, -0.05) is 26.0 Å².